The third-order valence-corrected chi connectivity index (χ3v) is 3.34. The lowest BCUT2D eigenvalue weighted by molar-refractivity contribution is 0.145. The maximum atomic E-state index is 11.7. The minimum Gasteiger partial charge on any atom is -0.497 e. The Morgan fingerprint density at radius 2 is 1.78 bits per heavy atom. The zero-order valence-corrected chi connectivity index (χ0v) is 13.5. The molecule has 0 aromatic heterocycles. The van der Waals surface area contributed by atoms with E-state index in [0.717, 1.165) is 12.3 Å². The summed E-state index contributed by atoms with van der Waals surface area (Å²) < 4.78 is 10.3. The minimum atomic E-state index is -0.455. The highest BCUT2D eigenvalue weighted by Gasteiger charge is 2.05. The molecule has 0 saturated heterocycles. The number of carbonyl (C=O) groups excluding carboxylic acids is 1. The third-order valence-electron chi connectivity index (χ3n) is 3.34. The molecule has 5 nitrogen and oxygen atoms in total. The van der Waals surface area contributed by atoms with E-state index in [1.165, 1.54) is 5.56 Å². The van der Waals surface area contributed by atoms with Crippen molar-refractivity contribution in [3.63, 3.8) is 0 Å². The van der Waals surface area contributed by atoms with Crippen LogP contribution in [0.5, 0.6) is 5.75 Å². The number of hydrogen-bond acceptors (Lipinski definition) is 4. The van der Waals surface area contributed by atoms with Crippen LogP contribution in [0.25, 0.3) is 0 Å². The molecule has 0 spiro atoms. The van der Waals surface area contributed by atoms with Gasteiger partial charge in [-0.05, 0) is 36.9 Å². The Morgan fingerprint density at radius 1 is 1.09 bits per heavy atom. The molecule has 23 heavy (non-hydrogen) atoms. The summed E-state index contributed by atoms with van der Waals surface area (Å²) in [5.74, 6) is 0.742. The van der Waals surface area contributed by atoms with Gasteiger partial charge < -0.3 is 9.47 Å². The first-order chi connectivity index (χ1) is 11.2. The van der Waals surface area contributed by atoms with Crippen LogP contribution >= 0.6 is 0 Å². The van der Waals surface area contributed by atoms with Crippen molar-refractivity contribution in [3.05, 3.63) is 60.2 Å². The van der Waals surface area contributed by atoms with Crippen LogP contribution in [0.2, 0.25) is 0 Å². The lowest BCUT2D eigenvalue weighted by atomic mass is 10.2. The summed E-state index contributed by atoms with van der Waals surface area (Å²) in [6.45, 7) is 1.83. The average Bonchev–Trinajstić information content (AvgIpc) is 2.56. The van der Waals surface area contributed by atoms with Gasteiger partial charge in [-0.2, -0.15) is 0 Å². The fourth-order valence-corrected chi connectivity index (χ4v) is 2.10. The smallest absolute Gasteiger partial charge is 0.411 e. The summed E-state index contributed by atoms with van der Waals surface area (Å²) in [4.78, 5) is 13.8. The molecule has 0 aliphatic carbocycles. The van der Waals surface area contributed by atoms with Gasteiger partial charge in [-0.3, -0.25) is 10.2 Å². The second kappa shape index (κ2) is 8.80. The van der Waals surface area contributed by atoms with Crippen molar-refractivity contribution in [2.24, 2.45) is 0 Å². The van der Waals surface area contributed by atoms with Crippen LogP contribution < -0.4 is 10.1 Å². The molecule has 0 saturated carbocycles. The van der Waals surface area contributed by atoms with Crippen molar-refractivity contribution in [1.29, 1.82) is 0 Å². The van der Waals surface area contributed by atoms with Gasteiger partial charge in [0.05, 0.1) is 7.11 Å². The number of nitrogens with one attached hydrogen (secondary N) is 1. The molecule has 0 aliphatic rings. The number of likely N-dealkylation sites (N-methyl/N-ethyl adjacent to an activating group) is 1. The molecule has 0 aliphatic heterocycles. The van der Waals surface area contributed by atoms with Crippen LogP contribution in [0.1, 0.15) is 5.56 Å². The molecule has 1 N–H and O–H groups in total. The normalized spacial score (nSPS) is 10.4. The highest BCUT2D eigenvalue weighted by Crippen LogP contribution is 2.15. The molecule has 0 heterocycles. The zero-order valence-electron chi connectivity index (χ0n) is 13.5. The van der Waals surface area contributed by atoms with E-state index in [0.29, 0.717) is 18.8 Å². The zero-order chi connectivity index (χ0) is 16.5. The molecule has 1 amide bonds. The summed E-state index contributed by atoms with van der Waals surface area (Å²) in [5.41, 5.74) is 1.91. The van der Waals surface area contributed by atoms with Crippen LogP contribution in [-0.2, 0) is 11.3 Å². The monoisotopic (exact) mass is 314 g/mol. The highest BCUT2D eigenvalue weighted by atomic mass is 16.5. The Hall–Kier alpha value is -2.53. The lowest BCUT2D eigenvalue weighted by Gasteiger charge is -2.16. The molecular formula is C18H22N2O3. The van der Waals surface area contributed by atoms with Crippen molar-refractivity contribution in [2.45, 2.75) is 6.54 Å². The van der Waals surface area contributed by atoms with Gasteiger partial charge in [0.25, 0.3) is 0 Å². The SMILES string of the molecule is COc1ccc(NC(=O)OCCN(C)Cc2ccccc2)cc1. The summed E-state index contributed by atoms with van der Waals surface area (Å²) in [6.07, 6.45) is -0.455. The number of methoxy groups -OCH3 is 1. The second-order valence-corrected chi connectivity index (χ2v) is 5.21. The molecular weight excluding hydrogens is 292 g/mol. The van der Waals surface area contributed by atoms with E-state index in [1.54, 1.807) is 31.4 Å². The molecule has 0 fully saturated rings. The van der Waals surface area contributed by atoms with E-state index < -0.39 is 6.09 Å². The van der Waals surface area contributed by atoms with Gasteiger partial charge in [-0.25, -0.2) is 4.79 Å². The second-order valence-electron chi connectivity index (χ2n) is 5.21. The quantitative estimate of drug-likeness (QED) is 0.851. The first kappa shape index (κ1) is 16.8. The number of nitrogens with zero attached hydrogens (tertiary/aromatic N) is 1. The molecule has 0 unspecified atom stereocenters. The number of ether oxygens (including phenoxy) is 2. The van der Waals surface area contributed by atoms with Crippen molar-refractivity contribution < 1.29 is 14.3 Å². The highest BCUT2D eigenvalue weighted by molar-refractivity contribution is 5.84. The van der Waals surface area contributed by atoms with Crippen LogP contribution in [0.15, 0.2) is 54.6 Å². The number of carbonyl (C=O) groups is 1. The maximum Gasteiger partial charge on any atom is 0.411 e. The van der Waals surface area contributed by atoms with Crippen LogP contribution in [0.4, 0.5) is 10.5 Å². The predicted octanol–water partition coefficient (Wildman–Crippen LogP) is 3.38. The number of hydrogen-bond donors (Lipinski definition) is 1. The van der Waals surface area contributed by atoms with Crippen molar-refractivity contribution >= 4 is 11.8 Å². The predicted molar refractivity (Wildman–Crippen MR) is 90.7 cm³/mol. The van der Waals surface area contributed by atoms with E-state index in [2.05, 4.69) is 22.3 Å². The van der Waals surface area contributed by atoms with Gasteiger partial charge >= 0.3 is 6.09 Å². The molecule has 0 atom stereocenters. The molecule has 2 aromatic rings. The summed E-state index contributed by atoms with van der Waals surface area (Å²) in [7, 11) is 3.60. The molecule has 0 bridgehead atoms. The fraction of sp³-hybridized carbons (Fsp3) is 0.278. The van der Waals surface area contributed by atoms with E-state index in [9.17, 15) is 4.79 Å². The van der Waals surface area contributed by atoms with Gasteiger partial charge in [-0.1, -0.05) is 30.3 Å². The van der Waals surface area contributed by atoms with Gasteiger partial charge in [-0.15, -0.1) is 0 Å². The van der Waals surface area contributed by atoms with E-state index in [-0.39, 0.29) is 0 Å². The Balaban J connectivity index is 1.67. The first-order valence-electron chi connectivity index (χ1n) is 7.47. The largest absolute Gasteiger partial charge is 0.497 e. The summed E-state index contributed by atoms with van der Waals surface area (Å²) in [5, 5.41) is 2.68. The van der Waals surface area contributed by atoms with Crippen molar-refractivity contribution in [3.8, 4) is 5.75 Å². The number of rotatable bonds is 7. The molecule has 2 rings (SSSR count). The molecule has 5 heteroatoms. The van der Waals surface area contributed by atoms with Gasteiger partial charge in [0.15, 0.2) is 0 Å². The van der Waals surface area contributed by atoms with E-state index >= 15 is 0 Å². The Morgan fingerprint density at radius 3 is 2.43 bits per heavy atom. The Labute approximate surface area is 136 Å². The van der Waals surface area contributed by atoms with Crippen LogP contribution in [-0.4, -0.2) is 38.3 Å². The summed E-state index contributed by atoms with van der Waals surface area (Å²) >= 11 is 0. The van der Waals surface area contributed by atoms with Crippen LogP contribution in [0.3, 0.4) is 0 Å². The van der Waals surface area contributed by atoms with E-state index in [1.807, 2.05) is 25.2 Å². The van der Waals surface area contributed by atoms with Gasteiger partial charge in [0.1, 0.15) is 12.4 Å². The topological polar surface area (TPSA) is 50.8 Å². The molecule has 122 valence electrons. The van der Waals surface area contributed by atoms with Crippen molar-refractivity contribution in [1.82, 2.24) is 4.90 Å². The lowest BCUT2D eigenvalue weighted by Crippen LogP contribution is -2.25. The first-order valence-corrected chi connectivity index (χ1v) is 7.47. The number of anilines is 1. The Kier molecular flexibility index (Phi) is 6.44. The summed E-state index contributed by atoms with van der Waals surface area (Å²) in [6, 6.07) is 17.3. The number of benzene rings is 2. The third kappa shape index (κ3) is 6.00. The van der Waals surface area contributed by atoms with Crippen molar-refractivity contribution in [2.75, 3.05) is 32.6 Å². The molecule has 2 aromatic carbocycles. The Bertz CT molecular complexity index is 599. The minimum absolute atomic E-state index is 0.339. The van der Waals surface area contributed by atoms with Gasteiger partial charge in [0, 0.05) is 18.8 Å². The maximum absolute atomic E-state index is 11.7. The van der Waals surface area contributed by atoms with E-state index in [4.69, 9.17) is 9.47 Å². The molecule has 0 radical (unpaired) electrons. The standard InChI is InChI=1S/C18H22N2O3/c1-20(14-15-6-4-3-5-7-15)12-13-23-18(21)19-16-8-10-17(22-2)11-9-16/h3-11H,12-14H2,1-2H3,(H,19,21). The number of amides is 1. The average molecular weight is 314 g/mol. The van der Waals surface area contributed by atoms with Gasteiger partial charge in [0.2, 0.25) is 0 Å². The van der Waals surface area contributed by atoms with Crippen LogP contribution in [0, 0.1) is 0 Å². The fourth-order valence-electron chi connectivity index (χ4n) is 2.10.